The molecule has 0 bridgehead atoms. The number of rotatable bonds is 6. The van der Waals surface area contributed by atoms with Crippen LogP contribution in [0.2, 0.25) is 0 Å². The quantitative estimate of drug-likeness (QED) is 0.462. The lowest BCUT2D eigenvalue weighted by atomic mass is 9.97. The number of nitrogens with zero attached hydrogens (tertiary/aromatic N) is 1. The number of esters is 1. The van der Waals surface area contributed by atoms with Gasteiger partial charge in [0.15, 0.2) is 0 Å². The number of aliphatic hydroxyl groups is 2. The third-order valence-corrected chi connectivity index (χ3v) is 2.84. The first-order chi connectivity index (χ1) is 9.36. The van der Waals surface area contributed by atoms with Crippen LogP contribution in [0, 0.1) is 17.0 Å². The van der Waals surface area contributed by atoms with E-state index < -0.39 is 23.1 Å². The van der Waals surface area contributed by atoms with E-state index in [1.54, 1.807) is 13.8 Å². The molecule has 0 saturated carbocycles. The molecule has 1 rings (SSSR count). The van der Waals surface area contributed by atoms with Crippen molar-refractivity contribution in [2.24, 2.45) is 0 Å². The summed E-state index contributed by atoms with van der Waals surface area (Å²) in [4.78, 5) is 21.4. The summed E-state index contributed by atoms with van der Waals surface area (Å²) >= 11 is 0. The fraction of sp³-hybridized carbons (Fsp3) is 0.462. The summed E-state index contributed by atoms with van der Waals surface area (Å²) in [7, 11) is 0. The minimum absolute atomic E-state index is 0.178. The van der Waals surface area contributed by atoms with E-state index in [0.717, 1.165) is 0 Å². The van der Waals surface area contributed by atoms with Crippen LogP contribution in [0.5, 0.6) is 0 Å². The van der Waals surface area contributed by atoms with E-state index >= 15 is 0 Å². The summed E-state index contributed by atoms with van der Waals surface area (Å²) in [6.07, 6.45) is -3.15. The van der Waals surface area contributed by atoms with Crippen LogP contribution in [0.4, 0.5) is 5.69 Å². The van der Waals surface area contributed by atoms with Crippen LogP contribution >= 0.6 is 0 Å². The molecule has 7 nitrogen and oxygen atoms in total. The fourth-order valence-corrected chi connectivity index (χ4v) is 1.77. The maximum atomic E-state index is 11.2. The predicted octanol–water partition coefficient (Wildman–Crippen LogP) is 1.25. The minimum atomic E-state index is -1.39. The predicted molar refractivity (Wildman–Crippen MR) is 70.1 cm³/mol. The first-order valence-electron chi connectivity index (χ1n) is 6.13. The second-order valence-electron chi connectivity index (χ2n) is 4.32. The summed E-state index contributed by atoms with van der Waals surface area (Å²) in [5, 5.41) is 30.5. The first kappa shape index (κ1) is 16.1. The van der Waals surface area contributed by atoms with Crippen molar-refractivity contribution in [1.82, 2.24) is 0 Å². The Morgan fingerprint density at radius 2 is 2.10 bits per heavy atom. The molecule has 0 radical (unpaired) electrons. The molecule has 0 amide bonds. The van der Waals surface area contributed by atoms with E-state index in [0.29, 0.717) is 5.56 Å². The summed E-state index contributed by atoms with van der Waals surface area (Å²) in [6, 6.07) is 3.98. The first-order valence-corrected chi connectivity index (χ1v) is 6.13. The van der Waals surface area contributed by atoms with Crippen molar-refractivity contribution >= 4 is 11.7 Å². The van der Waals surface area contributed by atoms with Gasteiger partial charge in [-0.1, -0.05) is 6.07 Å². The van der Waals surface area contributed by atoms with E-state index in [4.69, 9.17) is 0 Å². The molecular formula is C13H17NO6. The molecule has 0 aliphatic carbocycles. The normalized spacial score (nSPS) is 13.6. The van der Waals surface area contributed by atoms with E-state index in [9.17, 15) is 25.1 Å². The number of aryl methyl sites for hydroxylation is 1. The van der Waals surface area contributed by atoms with Crippen molar-refractivity contribution < 1.29 is 24.7 Å². The Morgan fingerprint density at radius 3 is 2.65 bits per heavy atom. The van der Waals surface area contributed by atoms with Gasteiger partial charge in [-0.15, -0.1) is 0 Å². The average Bonchev–Trinajstić information content (AvgIpc) is 2.38. The molecule has 2 N–H and O–H groups in total. The highest BCUT2D eigenvalue weighted by Gasteiger charge is 2.25. The molecule has 0 aliphatic rings. The Balaban J connectivity index is 2.90. The number of carbonyl (C=O) groups excluding carboxylic acids is 1. The molecule has 1 aromatic rings. The maximum absolute atomic E-state index is 11.2. The molecule has 0 fully saturated rings. The molecule has 20 heavy (non-hydrogen) atoms. The van der Waals surface area contributed by atoms with E-state index in [1.807, 2.05) is 0 Å². The average molecular weight is 283 g/mol. The van der Waals surface area contributed by atoms with Crippen molar-refractivity contribution in [3.05, 3.63) is 39.4 Å². The molecule has 0 aliphatic heterocycles. The number of nitro benzene ring substituents is 1. The zero-order valence-corrected chi connectivity index (χ0v) is 11.3. The lowest BCUT2D eigenvalue weighted by Crippen LogP contribution is -2.23. The zero-order valence-electron chi connectivity index (χ0n) is 11.3. The Hall–Kier alpha value is -1.99. The largest absolute Gasteiger partial charge is 0.466 e. The highest BCUT2D eigenvalue weighted by Crippen LogP contribution is 2.26. The van der Waals surface area contributed by atoms with Gasteiger partial charge < -0.3 is 14.9 Å². The van der Waals surface area contributed by atoms with E-state index in [-0.39, 0.29) is 24.3 Å². The summed E-state index contributed by atoms with van der Waals surface area (Å²) in [5.41, 5.74) is 0.620. The smallest absolute Gasteiger partial charge is 0.308 e. The molecule has 0 aromatic heterocycles. The number of ether oxygens (including phenoxy) is 1. The Labute approximate surface area is 116 Å². The molecule has 0 spiro atoms. The van der Waals surface area contributed by atoms with E-state index in [1.165, 1.54) is 18.2 Å². The zero-order chi connectivity index (χ0) is 15.3. The van der Waals surface area contributed by atoms with Gasteiger partial charge in [0.2, 0.25) is 0 Å². The van der Waals surface area contributed by atoms with Gasteiger partial charge in [-0.05, 0) is 25.0 Å². The number of hydrogen-bond acceptors (Lipinski definition) is 6. The number of aliphatic hydroxyl groups excluding tert-OH is 2. The number of carbonyl (C=O) groups is 1. The van der Waals surface area contributed by atoms with E-state index in [2.05, 4.69) is 4.74 Å². The van der Waals surface area contributed by atoms with Crippen LogP contribution in [0.25, 0.3) is 0 Å². The van der Waals surface area contributed by atoms with Crippen LogP contribution < -0.4 is 0 Å². The molecule has 0 saturated heterocycles. The highest BCUT2D eigenvalue weighted by atomic mass is 16.6. The highest BCUT2D eigenvalue weighted by molar-refractivity contribution is 5.70. The van der Waals surface area contributed by atoms with Crippen molar-refractivity contribution in [2.75, 3.05) is 6.61 Å². The standard InChI is InChI=1S/C13H17NO6/c1-3-20-12(16)7-11(15)13(17)10-6-9(14(18)19)5-4-8(10)2/h4-6,11,13,15,17H,3,7H2,1-2H3. The van der Waals surface area contributed by atoms with Gasteiger partial charge in [0.1, 0.15) is 6.10 Å². The van der Waals surface area contributed by atoms with Crippen molar-refractivity contribution in [3.63, 3.8) is 0 Å². The second-order valence-corrected chi connectivity index (χ2v) is 4.32. The van der Waals surface area contributed by atoms with Crippen molar-refractivity contribution in [3.8, 4) is 0 Å². The number of non-ortho nitro benzene ring substituents is 1. The van der Waals surface area contributed by atoms with Crippen molar-refractivity contribution in [1.29, 1.82) is 0 Å². The number of nitro groups is 1. The summed E-state index contributed by atoms with van der Waals surface area (Å²) in [5.74, 6) is -0.637. The van der Waals surface area contributed by atoms with Crippen LogP contribution in [0.1, 0.15) is 30.6 Å². The van der Waals surface area contributed by atoms with Gasteiger partial charge in [-0.3, -0.25) is 14.9 Å². The van der Waals surface area contributed by atoms with Gasteiger partial charge in [0, 0.05) is 12.1 Å². The molecular weight excluding hydrogens is 266 g/mol. The third-order valence-electron chi connectivity index (χ3n) is 2.84. The van der Waals surface area contributed by atoms with Crippen molar-refractivity contribution in [2.45, 2.75) is 32.5 Å². The Bertz CT molecular complexity index is 502. The Morgan fingerprint density at radius 1 is 1.45 bits per heavy atom. The fourth-order valence-electron chi connectivity index (χ4n) is 1.77. The Kier molecular flexibility index (Phi) is 5.60. The summed E-state index contributed by atoms with van der Waals surface area (Å²) in [6.45, 7) is 3.46. The molecule has 110 valence electrons. The van der Waals surface area contributed by atoms with Gasteiger partial charge in [0.05, 0.1) is 24.1 Å². The SMILES string of the molecule is CCOC(=O)CC(O)C(O)c1cc([N+](=O)[O-])ccc1C. The van der Waals surface area contributed by atoms with Crippen LogP contribution in [0.15, 0.2) is 18.2 Å². The van der Waals surface area contributed by atoms with Gasteiger partial charge in [-0.2, -0.15) is 0 Å². The van der Waals surface area contributed by atoms with Gasteiger partial charge in [0.25, 0.3) is 5.69 Å². The maximum Gasteiger partial charge on any atom is 0.308 e. The summed E-state index contributed by atoms with van der Waals surface area (Å²) < 4.78 is 4.67. The minimum Gasteiger partial charge on any atom is -0.466 e. The van der Waals surface area contributed by atoms with Gasteiger partial charge >= 0.3 is 5.97 Å². The molecule has 2 unspecified atom stereocenters. The lowest BCUT2D eigenvalue weighted by molar-refractivity contribution is -0.385. The molecule has 1 aromatic carbocycles. The van der Waals surface area contributed by atoms with Crippen LogP contribution in [-0.4, -0.2) is 33.8 Å². The third kappa shape index (κ3) is 4.01. The number of hydrogen-bond donors (Lipinski definition) is 2. The number of benzene rings is 1. The van der Waals surface area contributed by atoms with Crippen LogP contribution in [0.3, 0.4) is 0 Å². The monoisotopic (exact) mass is 283 g/mol. The van der Waals surface area contributed by atoms with Gasteiger partial charge in [-0.25, -0.2) is 0 Å². The second kappa shape index (κ2) is 6.97. The molecule has 7 heteroatoms. The lowest BCUT2D eigenvalue weighted by Gasteiger charge is -2.19. The molecule has 2 atom stereocenters. The molecule has 0 heterocycles. The topological polar surface area (TPSA) is 110 Å². The van der Waals surface area contributed by atoms with Crippen LogP contribution in [-0.2, 0) is 9.53 Å².